The average Bonchev–Trinajstić information content (AvgIpc) is 2.34. The third-order valence-corrected chi connectivity index (χ3v) is 2.42. The zero-order chi connectivity index (χ0) is 14.5. The van der Waals surface area contributed by atoms with E-state index in [9.17, 15) is 8.78 Å². The van der Waals surface area contributed by atoms with Gasteiger partial charge in [0, 0.05) is 36.5 Å². The number of hydrogen-bond donors (Lipinski definition) is 1. The molecule has 0 spiro atoms. The summed E-state index contributed by atoms with van der Waals surface area (Å²) in [6.07, 6.45) is 0.933. The van der Waals surface area contributed by atoms with Crippen molar-refractivity contribution in [2.45, 2.75) is 20.3 Å². The van der Waals surface area contributed by atoms with Gasteiger partial charge in [-0.2, -0.15) is 4.98 Å². The fraction of sp³-hybridized carbons (Fsp3) is 0.286. The highest BCUT2D eigenvalue weighted by atomic mass is 19.1. The molecule has 0 saturated heterocycles. The van der Waals surface area contributed by atoms with Crippen LogP contribution in [0.5, 0.6) is 11.6 Å². The second-order valence-electron chi connectivity index (χ2n) is 4.31. The van der Waals surface area contributed by atoms with E-state index in [1.807, 2.05) is 6.92 Å². The molecule has 1 heterocycles. The summed E-state index contributed by atoms with van der Waals surface area (Å²) in [6, 6.07) is 4.57. The van der Waals surface area contributed by atoms with E-state index in [0.717, 1.165) is 31.2 Å². The molecular formula is C14H15F2N3O. The summed E-state index contributed by atoms with van der Waals surface area (Å²) in [5, 5.41) is 3.03. The molecule has 0 unspecified atom stereocenters. The Labute approximate surface area is 115 Å². The summed E-state index contributed by atoms with van der Waals surface area (Å²) in [5.41, 5.74) is 0.700. The Bertz CT molecular complexity index is 585. The molecule has 6 heteroatoms. The maximum atomic E-state index is 13.1. The summed E-state index contributed by atoms with van der Waals surface area (Å²) in [7, 11) is 0. The molecule has 0 amide bonds. The molecule has 1 aromatic carbocycles. The highest BCUT2D eigenvalue weighted by Gasteiger charge is 2.06. The lowest BCUT2D eigenvalue weighted by molar-refractivity contribution is 0.450. The molecule has 4 nitrogen and oxygen atoms in total. The first-order valence-electron chi connectivity index (χ1n) is 6.30. The first-order valence-corrected chi connectivity index (χ1v) is 6.30. The van der Waals surface area contributed by atoms with Gasteiger partial charge in [-0.1, -0.05) is 6.92 Å². The van der Waals surface area contributed by atoms with E-state index < -0.39 is 11.6 Å². The summed E-state index contributed by atoms with van der Waals surface area (Å²) in [4.78, 5) is 8.33. The van der Waals surface area contributed by atoms with Crippen molar-refractivity contribution in [1.29, 1.82) is 0 Å². The van der Waals surface area contributed by atoms with Gasteiger partial charge in [-0.15, -0.1) is 0 Å². The zero-order valence-electron chi connectivity index (χ0n) is 11.3. The van der Waals surface area contributed by atoms with Gasteiger partial charge in [0.15, 0.2) is 0 Å². The van der Waals surface area contributed by atoms with Gasteiger partial charge < -0.3 is 10.1 Å². The lowest BCUT2D eigenvalue weighted by Crippen LogP contribution is -2.05. The molecule has 0 aliphatic heterocycles. The van der Waals surface area contributed by atoms with Crippen LogP contribution in [0.1, 0.15) is 19.0 Å². The van der Waals surface area contributed by atoms with E-state index in [4.69, 9.17) is 4.74 Å². The van der Waals surface area contributed by atoms with E-state index in [-0.39, 0.29) is 11.6 Å². The SMILES string of the molecule is CCCNc1nc(C)cc(Oc2cc(F)cc(F)c2)n1. The summed E-state index contributed by atoms with van der Waals surface area (Å²) in [6.45, 7) is 4.55. The van der Waals surface area contributed by atoms with Gasteiger partial charge in [-0.05, 0) is 13.3 Å². The van der Waals surface area contributed by atoms with Crippen molar-refractivity contribution in [2.75, 3.05) is 11.9 Å². The highest BCUT2D eigenvalue weighted by Crippen LogP contribution is 2.23. The quantitative estimate of drug-likeness (QED) is 0.907. The third-order valence-electron chi connectivity index (χ3n) is 2.42. The van der Waals surface area contributed by atoms with Crippen molar-refractivity contribution >= 4 is 5.95 Å². The number of nitrogens with zero attached hydrogens (tertiary/aromatic N) is 2. The first-order chi connectivity index (χ1) is 9.56. The van der Waals surface area contributed by atoms with E-state index in [1.165, 1.54) is 0 Å². The predicted octanol–water partition coefficient (Wildman–Crippen LogP) is 3.68. The Balaban J connectivity index is 2.21. The molecule has 1 aromatic heterocycles. The lowest BCUT2D eigenvalue weighted by atomic mass is 10.3. The fourth-order valence-corrected chi connectivity index (χ4v) is 1.62. The molecule has 106 valence electrons. The van der Waals surface area contributed by atoms with Gasteiger partial charge in [0.25, 0.3) is 0 Å². The van der Waals surface area contributed by atoms with Crippen LogP contribution in [-0.4, -0.2) is 16.5 Å². The van der Waals surface area contributed by atoms with E-state index in [2.05, 4.69) is 15.3 Å². The van der Waals surface area contributed by atoms with Gasteiger partial charge in [0.2, 0.25) is 11.8 Å². The monoisotopic (exact) mass is 279 g/mol. The number of halogens is 2. The molecule has 0 fully saturated rings. The van der Waals surface area contributed by atoms with Crippen molar-refractivity contribution in [3.05, 3.63) is 41.6 Å². The van der Waals surface area contributed by atoms with Crippen LogP contribution in [0.2, 0.25) is 0 Å². The zero-order valence-corrected chi connectivity index (χ0v) is 11.3. The van der Waals surface area contributed by atoms with Crippen LogP contribution >= 0.6 is 0 Å². The number of hydrogen-bond acceptors (Lipinski definition) is 4. The molecule has 20 heavy (non-hydrogen) atoms. The minimum absolute atomic E-state index is 0.0574. The largest absolute Gasteiger partial charge is 0.439 e. The summed E-state index contributed by atoms with van der Waals surface area (Å²) >= 11 is 0. The second kappa shape index (κ2) is 6.27. The Morgan fingerprint density at radius 1 is 1.10 bits per heavy atom. The lowest BCUT2D eigenvalue weighted by Gasteiger charge is -2.09. The van der Waals surface area contributed by atoms with E-state index in [1.54, 1.807) is 13.0 Å². The number of anilines is 1. The van der Waals surface area contributed by atoms with Crippen LogP contribution in [0, 0.1) is 18.6 Å². The number of benzene rings is 1. The number of nitrogens with one attached hydrogen (secondary N) is 1. The Morgan fingerprint density at radius 3 is 2.45 bits per heavy atom. The van der Waals surface area contributed by atoms with Crippen molar-refractivity contribution in [3.63, 3.8) is 0 Å². The maximum absolute atomic E-state index is 13.1. The second-order valence-corrected chi connectivity index (χ2v) is 4.31. The molecule has 0 bridgehead atoms. The summed E-state index contributed by atoms with van der Waals surface area (Å²) in [5.74, 6) is -0.674. The molecule has 2 aromatic rings. The molecule has 0 aliphatic rings. The van der Waals surface area contributed by atoms with Crippen LogP contribution in [0.3, 0.4) is 0 Å². The molecule has 0 radical (unpaired) electrons. The van der Waals surface area contributed by atoms with Gasteiger partial charge >= 0.3 is 0 Å². The molecule has 2 rings (SSSR count). The number of aromatic nitrogens is 2. The number of rotatable bonds is 5. The molecule has 0 aliphatic carbocycles. The Hall–Kier alpha value is -2.24. The number of ether oxygens (including phenoxy) is 1. The molecule has 1 N–H and O–H groups in total. The van der Waals surface area contributed by atoms with E-state index >= 15 is 0 Å². The Kier molecular flexibility index (Phi) is 4.45. The minimum atomic E-state index is -0.699. The molecule has 0 saturated carbocycles. The smallest absolute Gasteiger partial charge is 0.226 e. The Morgan fingerprint density at radius 2 is 1.80 bits per heavy atom. The first kappa shape index (κ1) is 14.2. The van der Waals surface area contributed by atoms with Crippen LogP contribution in [0.4, 0.5) is 14.7 Å². The predicted molar refractivity (Wildman–Crippen MR) is 72.0 cm³/mol. The van der Waals surface area contributed by atoms with Crippen molar-refractivity contribution in [3.8, 4) is 11.6 Å². The van der Waals surface area contributed by atoms with Gasteiger partial charge in [0.1, 0.15) is 17.4 Å². The van der Waals surface area contributed by atoms with Crippen LogP contribution in [-0.2, 0) is 0 Å². The minimum Gasteiger partial charge on any atom is -0.439 e. The van der Waals surface area contributed by atoms with E-state index in [0.29, 0.717) is 11.6 Å². The van der Waals surface area contributed by atoms with Gasteiger partial charge in [-0.3, -0.25) is 0 Å². The van der Waals surface area contributed by atoms with Gasteiger partial charge in [0.05, 0.1) is 0 Å². The van der Waals surface area contributed by atoms with Crippen molar-refractivity contribution in [1.82, 2.24) is 9.97 Å². The fourth-order valence-electron chi connectivity index (χ4n) is 1.62. The molecular weight excluding hydrogens is 264 g/mol. The summed E-state index contributed by atoms with van der Waals surface area (Å²) < 4.78 is 31.6. The maximum Gasteiger partial charge on any atom is 0.226 e. The number of aryl methyl sites for hydroxylation is 1. The normalized spacial score (nSPS) is 10.4. The van der Waals surface area contributed by atoms with Gasteiger partial charge in [-0.25, -0.2) is 13.8 Å². The standard InChI is InChI=1S/C14H15F2N3O/c1-3-4-17-14-18-9(2)5-13(19-14)20-12-7-10(15)6-11(16)8-12/h5-8H,3-4H2,1-2H3,(H,17,18,19). The van der Waals surface area contributed by atoms with Crippen molar-refractivity contribution in [2.24, 2.45) is 0 Å². The van der Waals surface area contributed by atoms with Crippen LogP contribution < -0.4 is 10.1 Å². The van der Waals surface area contributed by atoms with Crippen LogP contribution in [0.25, 0.3) is 0 Å². The van der Waals surface area contributed by atoms with Crippen LogP contribution in [0.15, 0.2) is 24.3 Å². The molecule has 0 atom stereocenters. The highest BCUT2D eigenvalue weighted by molar-refractivity contribution is 5.34. The third kappa shape index (κ3) is 3.88. The average molecular weight is 279 g/mol. The topological polar surface area (TPSA) is 47.0 Å². The van der Waals surface area contributed by atoms with Crippen molar-refractivity contribution < 1.29 is 13.5 Å².